The summed E-state index contributed by atoms with van der Waals surface area (Å²) < 4.78 is 26.0. The molecule has 1 aliphatic heterocycles. The zero-order valence-electron chi connectivity index (χ0n) is 10.9. The lowest BCUT2D eigenvalue weighted by Crippen LogP contribution is -2.40. The number of nitrogens with one attached hydrogen (secondary N) is 2. The number of carbonyl (C=O) groups is 1. The Labute approximate surface area is 111 Å². The minimum atomic E-state index is -2.77. The van der Waals surface area contributed by atoms with Crippen LogP contribution in [0.15, 0.2) is 24.3 Å². The topological polar surface area (TPSA) is 41.1 Å². The van der Waals surface area contributed by atoms with Crippen LogP contribution in [0.3, 0.4) is 0 Å². The Morgan fingerprint density at radius 2 is 2.11 bits per heavy atom. The zero-order valence-corrected chi connectivity index (χ0v) is 10.9. The number of amides is 1. The van der Waals surface area contributed by atoms with Gasteiger partial charge in [-0.25, -0.2) is 8.78 Å². The van der Waals surface area contributed by atoms with Crippen LogP contribution in [0.2, 0.25) is 0 Å². The molecule has 1 aromatic carbocycles. The lowest BCUT2D eigenvalue weighted by Gasteiger charge is -2.13. The first-order valence-corrected chi connectivity index (χ1v) is 6.47. The molecule has 1 fully saturated rings. The fourth-order valence-electron chi connectivity index (χ4n) is 2.28. The average Bonchev–Trinajstić information content (AvgIpc) is 2.76. The molecule has 1 unspecified atom stereocenters. The molecule has 0 aromatic heterocycles. The number of aryl methyl sites for hydroxylation is 1. The summed E-state index contributed by atoms with van der Waals surface area (Å²) in [5.41, 5.74) is 2.19. The molecule has 0 aliphatic carbocycles. The van der Waals surface area contributed by atoms with E-state index in [9.17, 15) is 13.6 Å². The summed E-state index contributed by atoms with van der Waals surface area (Å²) in [6.07, 6.45) is 0.458. The van der Waals surface area contributed by atoms with E-state index in [1.54, 1.807) is 0 Å². The lowest BCUT2D eigenvalue weighted by atomic mass is 10.1. The van der Waals surface area contributed by atoms with Gasteiger partial charge in [0, 0.05) is 13.0 Å². The third-order valence-electron chi connectivity index (χ3n) is 3.38. The molecule has 1 atom stereocenters. The van der Waals surface area contributed by atoms with Crippen LogP contribution in [-0.2, 0) is 17.8 Å². The van der Waals surface area contributed by atoms with Gasteiger partial charge in [-0.15, -0.1) is 0 Å². The molecule has 1 amide bonds. The SMILES string of the molecule is CCc1ccccc1CNC(=O)C1CC(F)(F)CN1. The van der Waals surface area contributed by atoms with Gasteiger partial charge in [0.25, 0.3) is 5.92 Å². The lowest BCUT2D eigenvalue weighted by molar-refractivity contribution is -0.123. The quantitative estimate of drug-likeness (QED) is 0.875. The van der Waals surface area contributed by atoms with Crippen molar-refractivity contribution in [1.29, 1.82) is 0 Å². The molecule has 1 heterocycles. The second kappa shape index (κ2) is 5.65. The third kappa shape index (κ3) is 3.50. The van der Waals surface area contributed by atoms with Gasteiger partial charge in [0.2, 0.25) is 5.91 Å². The molecule has 2 rings (SSSR count). The molecule has 0 saturated carbocycles. The van der Waals surface area contributed by atoms with Gasteiger partial charge in [-0.2, -0.15) is 0 Å². The van der Waals surface area contributed by atoms with E-state index >= 15 is 0 Å². The van der Waals surface area contributed by atoms with Gasteiger partial charge in [-0.3, -0.25) is 10.1 Å². The van der Waals surface area contributed by atoms with E-state index in [1.807, 2.05) is 31.2 Å². The summed E-state index contributed by atoms with van der Waals surface area (Å²) in [4.78, 5) is 11.8. The van der Waals surface area contributed by atoms with Gasteiger partial charge < -0.3 is 5.32 Å². The number of hydrogen-bond donors (Lipinski definition) is 2. The standard InChI is InChI=1S/C14H18F2N2O/c1-2-10-5-3-4-6-11(10)8-17-13(19)12-7-14(15,16)9-18-12/h3-6,12,18H,2,7-9H2,1H3,(H,17,19). The van der Waals surface area contributed by atoms with Crippen LogP contribution in [0.1, 0.15) is 24.5 Å². The molecule has 0 bridgehead atoms. The maximum absolute atomic E-state index is 13.0. The Hall–Kier alpha value is -1.49. The first-order valence-electron chi connectivity index (χ1n) is 6.47. The molecule has 0 spiro atoms. The highest BCUT2D eigenvalue weighted by atomic mass is 19.3. The van der Waals surface area contributed by atoms with E-state index in [2.05, 4.69) is 10.6 Å². The summed E-state index contributed by atoms with van der Waals surface area (Å²) in [5, 5.41) is 5.27. The molecule has 1 aromatic rings. The van der Waals surface area contributed by atoms with Crippen LogP contribution >= 0.6 is 0 Å². The Kier molecular flexibility index (Phi) is 4.14. The maximum atomic E-state index is 13.0. The Morgan fingerprint density at radius 1 is 1.42 bits per heavy atom. The molecular formula is C14H18F2N2O. The number of alkyl halides is 2. The van der Waals surface area contributed by atoms with E-state index < -0.39 is 24.9 Å². The van der Waals surface area contributed by atoms with Crippen LogP contribution in [-0.4, -0.2) is 24.4 Å². The fraction of sp³-hybridized carbons (Fsp3) is 0.500. The largest absolute Gasteiger partial charge is 0.351 e. The predicted octanol–water partition coefficient (Wildman–Crippen LogP) is 1.86. The number of hydrogen-bond acceptors (Lipinski definition) is 2. The number of benzene rings is 1. The fourth-order valence-corrected chi connectivity index (χ4v) is 2.28. The Bertz CT molecular complexity index is 463. The molecule has 104 valence electrons. The van der Waals surface area contributed by atoms with Crippen LogP contribution in [0, 0.1) is 0 Å². The van der Waals surface area contributed by atoms with Crippen molar-refractivity contribution >= 4 is 5.91 Å². The molecule has 2 N–H and O–H groups in total. The third-order valence-corrected chi connectivity index (χ3v) is 3.38. The minimum absolute atomic E-state index is 0.358. The zero-order chi connectivity index (χ0) is 13.9. The van der Waals surface area contributed by atoms with E-state index in [1.165, 1.54) is 0 Å². The smallest absolute Gasteiger partial charge is 0.262 e. The Balaban J connectivity index is 1.90. The molecule has 5 heteroatoms. The van der Waals surface area contributed by atoms with E-state index in [4.69, 9.17) is 0 Å². The van der Waals surface area contributed by atoms with Crippen molar-refractivity contribution in [1.82, 2.24) is 10.6 Å². The van der Waals surface area contributed by atoms with Crippen molar-refractivity contribution < 1.29 is 13.6 Å². The molecular weight excluding hydrogens is 250 g/mol. The minimum Gasteiger partial charge on any atom is -0.351 e. The summed E-state index contributed by atoms with van der Waals surface area (Å²) >= 11 is 0. The van der Waals surface area contributed by atoms with Gasteiger partial charge in [-0.05, 0) is 17.5 Å². The van der Waals surface area contributed by atoms with Crippen LogP contribution in [0.25, 0.3) is 0 Å². The second-order valence-electron chi connectivity index (χ2n) is 4.83. The summed E-state index contributed by atoms with van der Waals surface area (Å²) in [6, 6.07) is 7.01. The predicted molar refractivity (Wildman–Crippen MR) is 69.0 cm³/mol. The molecule has 1 aliphatic rings. The monoisotopic (exact) mass is 268 g/mol. The maximum Gasteiger partial charge on any atom is 0.262 e. The first-order chi connectivity index (χ1) is 9.02. The number of carbonyl (C=O) groups excluding carboxylic acids is 1. The van der Waals surface area contributed by atoms with Crippen LogP contribution in [0.5, 0.6) is 0 Å². The summed E-state index contributed by atoms with van der Waals surface area (Å²) in [6.45, 7) is 2.00. The summed E-state index contributed by atoms with van der Waals surface area (Å²) in [7, 11) is 0. The first kappa shape index (κ1) is 13.9. The van der Waals surface area contributed by atoms with Gasteiger partial charge in [-0.1, -0.05) is 31.2 Å². The van der Waals surface area contributed by atoms with Crippen molar-refractivity contribution in [3.8, 4) is 0 Å². The van der Waals surface area contributed by atoms with E-state index in [-0.39, 0.29) is 5.91 Å². The Morgan fingerprint density at radius 3 is 2.68 bits per heavy atom. The highest BCUT2D eigenvalue weighted by Gasteiger charge is 2.42. The van der Waals surface area contributed by atoms with Crippen molar-refractivity contribution in [3.63, 3.8) is 0 Å². The number of halogens is 2. The normalized spacial score (nSPS) is 21.3. The van der Waals surface area contributed by atoms with Crippen molar-refractivity contribution in [2.24, 2.45) is 0 Å². The van der Waals surface area contributed by atoms with Gasteiger partial charge in [0.05, 0.1) is 12.6 Å². The van der Waals surface area contributed by atoms with Crippen molar-refractivity contribution in [3.05, 3.63) is 35.4 Å². The average molecular weight is 268 g/mol. The van der Waals surface area contributed by atoms with Crippen molar-refractivity contribution in [2.75, 3.05) is 6.54 Å². The van der Waals surface area contributed by atoms with E-state index in [0.29, 0.717) is 6.54 Å². The molecule has 19 heavy (non-hydrogen) atoms. The highest BCUT2D eigenvalue weighted by molar-refractivity contribution is 5.82. The van der Waals surface area contributed by atoms with Gasteiger partial charge >= 0.3 is 0 Å². The van der Waals surface area contributed by atoms with Gasteiger partial charge in [0.15, 0.2) is 0 Å². The molecule has 1 saturated heterocycles. The highest BCUT2D eigenvalue weighted by Crippen LogP contribution is 2.25. The number of rotatable bonds is 4. The second-order valence-corrected chi connectivity index (χ2v) is 4.83. The van der Waals surface area contributed by atoms with Gasteiger partial charge in [0.1, 0.15) is 0 Å². The summed E-state index contributed by atoms with van der Waals surface area (Å²) in [5.74, 6) is -3.13. The van der Waals surface area contributed by atoms with Crippen LogP contribution < -0.4 is 10.6 Å². The van der Waals surface area contributed by atoms with Crippen molar-refractivity contribution in [2.45, 2.75) is 38.3 Å². The van der Waals surface area contributed by atoms with E-state index in [0.717, 1.165) is 17.5 Å². The van der Waals surface area contributed by atoms with Crippen LogP contribution in [0.4, 0.5) is 8.78 Å². The molecule has 0 radical (unpaired) electrons. The molecule has 3 nitrogen and oxygen atoms in total.